The Labute approximate surface area is 172 Å². The molecule has 0 N–H and O–H groups in total. The predicted molar refractivity (Wildman–Crippen MR) is 114 cm³/mol. The van der Waals surface area contributed by atoms with Gasteiger partial charge in [-0.15, -0.1) is 4.57 Å². The summed E-state index contributed by atoms with van der Waals surface area (Å²) in [7, 11) is 3.50. The van der Waals surface area contributed by atoms with Crippen LogP contribution in [0.5, 0.6) is 0 Å². The molecule has 2 aliphatic rings. The van der Waals surface area contributed by atoms with E-state index in [2.05, 4.69) is 74.7 Å². The normalized spacial score (nSPS) is 21.1. The van der Waals surface area contributed by atoms with Crippen molar-refractivity contribution in [1.29, 1.82) is 0 Å². The van der Waals surface area contributed by atoms with Gasteiger partial charge in [-0.25, -0.2) is 0 Å². The third kappa shape index (κ3) is 2.46. The Kier molecular flexibility index (Phi) is 4.11. The average molecular weight is 391 g/mol. The van der Waals surface area contributed by atoms with Crippen LogP contribution in [0.25, 0.3) is 22.2 Å². The van der Waals surface area contributed by atoms with Crippen LogP contribution in [0.15, 0.2) is 42.5 Å². The first kappa shape index (κ1) is 18.7. The smallest absolute Gasteiger partial charge is 0.164 e. The molecule has 5 rings (SSSR count). The average Bonchev–Trinajstić information content (AvgIpc) is 3.36. The molecule has 0 aliphatic carbocycles. The van der Waals surface area contributed by atoms with Crippen molar-refractivity contribution in [2.24, 2.45) is 5.92 Å². The van der Waals surface area contributed by atoms with E-state index in [4.69, 9.17) is 9.68 Å². The van der Waals surface area contributed by atoms with Gasteiger partial charge in [-0.05, 0) is 55.0 Å². The fourth-order valence-electron chi connectivity index (χ4n) is 5.52. The van der Waals surface area contributed by atoms with Crippen LogP contribution in [0.2, 0.25) is 0 Å². The number of benzene rings is 2. The maximum absolute atomic E-state index is 5.98. The highest BCUT2D eigenvalue weighted by Crippen LogP contribution is 2.63. The van der Waals surface area contributed by atoms with Crippen molar-refractivity contribution in [2.45, 2.75) is 46.3 Å². The van der Waals surface area contributed by atoms with E-state index in [-0.39, 0.29) is 17.0 Å². The lowest BCUT2D eigenvalue weighted by Gasteiger charge is -2.16. The Morgan fingerprint density at radius 3 is 2.45 bits per heavy atom. The van der Waals surface area contributed by atoms with E-state index in [9.17, 15) is 0 Å². The molecule has 1 fully saturated rings. The molecule has 2 aliphatic heterocycles. The van der Waals surface area contributed by atoms with Gasteiger partial charge < -0.3 is 0 Å². The Bertz CT molecular complexity index is 1130. The molecule has 2 aromatic carbocycles. The Balaban J connectivity index is 1.90. The van der Waals surface area contributed by atoms with Crippen LogP contribution < -0.4 is 4.57 Å². The monoisotopic (exact) mass is 390 g/mol. The maximum atomic E-state index is 5.98. The summed E-state index contributed by atoms with van der Waals surface area (Å²) < 4.78 is 2.46. The fraction of sp³-hybridized carbons (Fsp3) is 0.400. The molecule has 0 radical (unpaired) electrons. The fourth-order valence-corrected chi connectivity index (χ4v) is 5.52. The molecule has 150 valence electrons. The van der Waals surface area contributed by atoms with Crippen molar-refractivity contribution >= 4 is 10.9 Å². The van der Waals surface area contributed by atoms with E-state index in [1.165, 1.54) is 44.4 Å². The van der Waals surface area contributed by atoms with E-state index >= 15 is 0 Å². The molecule has 0 saturated carbocycles. The van der Waals surface area contributed by atoms with Crippen LogP contribution in [-0.2, 0) is 16.1 Å². The van der Waals surface area contributed by atoms with E-state index in [1.54, 1.807) is 14.2 Å². The van der Waals surface area contributed by atoms with Gasteiger partial charge in [0.05, 0.1) is 19.8 Å². The van der Waals surface area contributed by atoms with Gasteiger partial charge >= 0.3 is 12.2 Å². The minimum absolute atomic E-state index is 0.0897. The Hall–Kier alpha value is -2.27. The molecular weight excluding hydrogens is 360 g/mol. The summed E-state index contributed by atoms with van der Waals surface area (Å²) >= 11 is 0. The lowest BCUT2D eigenvalue weighted by atomic mass is 9.88. The highest BCUT2D eigenvalue weighted by atomic mass is 17.0. The van der Waals surface area contributed by atoms with Crippen molar-refractivity contribution in [1.82, 2.24) is 0 Å². The summed E-state index contributed by atoms with van der Waals surface area (Å²) in [5, 5.41) is 1.33. The first-order chi connectivity index (χ1) is 13.9. The number of nitrogens with zero attached hydrogens (tertiary/aromatic N) is 2. The van der Waals surface area contributed by atoms with Crippen molar-refractivity contribution < 1.29 is 19.1 Å². The molecule has 2 unspecified atom stereocenters. The molecule has 3 heterocycles. The second-order valence-electron chi connectivity index (χ2n) is 8.95. The first-order valence-electron chi connectivity index (χ1n) is 10.5. The number of pyridine rings is 1. The molecule has 29 heavy (non-hydrogen) atoms. The van der Waals surface area contributed by atoms with Crippen molar-refractivity contribution in [3.63, 3.8) is 0 Å². The molecule has 4 heteroatoms. The molecule has 1 saturated heterocycles. The van der Waals surface area contributed by atoms with Crippen LogP contribution in [0.4, 0.5) is 0 Å². The highest BCUT2D eigenvalue weighted by Gasteiger charge is 2.84. The number of rotatable bonds is 4. The molecule has 4 nitrogen and oxygen atoms in total. The highest BCUT2D eigenvalue weighted by molar-refractivity contribution is 5.83. The standard InChI is InChI=1S/C25H30N2O2/c1-15(2)11-18-14-22-20-13-16(3)12-17(4)23(20)24-25(27(24,28-5)29-6)26(22)21-10-8-7-9-19(18)21/h7-10,12-15,24-25H,11H2,1-6H3/q+2. The maximum Gasteiger partial charge on any atom is 0.409 e. The Morgan fingerprint density at radius 1 is 1.03 bits per heavy atom. The molecule has 0 spiro atoms. The predicted octanol–water partition coefficient (Wildman–Crippen LogP) is 5.12. The third-order valence-corrected chi connectivity index (χ3v) is 6.60. The van der Waals surface area contributed by atoms with Crippen LogP contribution in [0, 0.1) is 19.8 Å². The molecule has 0 bridgehead atoms. The van der Waals surface area contributed by atoms with Crippen LogP contribution in [0.3, 0.4) is 0 Å². The van der Waals surface area contributed by atoms with E-state index in [0.717, 1.165) is 6.42 Å². The minimum Gasteiger partial charge on any atom is -0.164 e. The van der Waals surface area contributed by atoms with Crippen molar-refractivity contribution in [2.75, 3.05) is 14.2 Å². The number of hydroxylamine groups is 4. The second kappa shape index (κ2) is 6.36. The summed E-state index contributed by atoms with van der Waals surface area (Å²) in [5.74, 6) is 0.602. The zero-order valence-corrected chi connectivity index (χ0v) is 18.2. The van der Waals surface area contributed by atoms with Gasteiger partial charge in [0.1, 0.15) is 0 Å². The van der Waals surface area contributed by atoms with Gasteiger partial charge in [-0.1, -0.05) is 32.0 Å². The summed E-state index contributed by atoms with van der Waals surface area (Å²) in [4.78, 5) is 12.1. The summed E-state index contributed by atoms with van der Waals surface area (Å²) in [6.07, 6.45) is 1.16. The van der Waals surface area contributed by atoms with E-state index in [1.807, 2.05) is 0 Å². The third-order valence-electron chi connectivity index (χ3n) is 6.60. The van der Waals surface area contributed by atoms with E-state index < -0.39 is 0 Å². The van der Waals surface area contributed by atoms with Gasteiger partial charge in [-0.2, -0.15) is 9.68 Å². The molecular formula is C25H30N2O2+2. The molecule has 0 amide bonds. The summed E-state index contributed by atoms with van der Waals surface area (Å²) in [6.45, 7) is 8.98. The Morgan fingerprint density at radius 2 is 1.76 bits per heavy atom. The zero-order chi connectivity index (χ0) is 20.5. The number of para-hydroxylation sites is 1. The van der Waals surface area contributed by atoms with Gasteiger partial charge in [0, 0.05) is 27.9 Å². The van der Waals surface area contributed by atoms with Crippen LogP contribution in [-0.4, -0.2) is 19.0 Å². The number of aromatic nitrogens is 1. The number of aryl methyl sites for hydroxylation is 2. The minimum atomic E-state index is 0.0897. The van der Waals surface area contributed by atoms with Gasteiger partial charge in [0.25, 0.3) is 0 Å². The molecule has 3 aromatic rings. The van der Waals surface area contributed by atoms with Gasteiger partial charge in [0.15, 0.2) is 0 Å². The lowest BCUT2D eigenvalue weighted by Crippen LogP contribution is -2.43. The molecule has 1 aromatic heterocycles. The number of quaternary nitrogens is 1. The number of hydrogen-bond acceptors (Lipinski definition) is 2. The first-order valence-corrected chi connectivity index (χ1v) is 10.5. The lowest BCUT2D eigenvalue weighted by molar-refractivity contribution is -1.21. The SMILES string of the molecule is CO[N+]1(OC)C2c3c(C)cc(C)cc3-c3cc(CC(C)C)c4ccccc4[n+]3C21. The largest absolute Gasteiger partial charge is 0.409 e. The second-order valence-corrected chi connectivity index (χ2v) is 8.95. The van der Waals surface area contributed by atoms with E-state index in [0.29, 0.717) is 5.92 Å². The van der Waals surface area contributed by atoms with Crippen LogP contribution in [0.1, 0.15) is 48.3 Å². The van der Waals surface area contributed by atoms with Gasteiger partial charge in [0.2, 0.25) is 11.2 Å². The number of fused-ring (bicyclic) bond motifs is 8. The quantitative estimate of drug-likeness (QED) is 0.351. The zero-order valence-electron chi connectivity index (χ0n) is 18.2. The topological polar surface area (TPSA) is 22.3 Å². The van der Waals surface area contributed by atoms with Crippen LogP contribution >= 0.6 is 0 Å². The molecule has 2 atom stereocenters. The van der Waals surface area contributed by atoms with Crippen molar-refractivity contribution in [3.8, 4) is 11.3 Å². The van der Waals surface area contributed by atoms with Crippen molar-refractivity contribution in [3.05, 3.63) is 64.7 Å². The summed E-state index contributed by atoms with van der Waals surface area (Å²) in [6, 6.07) is 15.9. The number of hydrogen-bond donors (Lipinski definition) is 0. The van der Waals surface area contributed by atoms with Gasteiger partial charge in [-0.3, -0.25) is 0 Å². The summed E-state index contributed by atoms with van der Waals surface area (Å²) in [5.41, 5.74) is 9.22.